The molecule has 108 valence electrons. The van der Waals surface area contributed by atoms with Crippen molar-refractivity contribution in [3.8, 4) is 5.75 Å². The van der Waals surface area contributed by atoms with E-state index in [0.717, 1.165) is 37.4 Å². The molecule has 3 heteroatoms. The highest BCUT2D eigenvalue weighted by Gasteiger charge is 2.08. The second-order valence-electron chi connectivity index (χ2n) is 5.50. The molecule has 0 amide bonds. The molecular weight excluding hydrogens is 292 g/mol. The zero-order valence-electron chi connectivity index (χ0n) is 12.3. The maximum Gasteiger partial charge on any atom is 0.240 e. The van der Waals surface area contributed by atoms with Crippen molar-refractivity contribution in [2.45, 2.75) is 6.92 Å². The topological polar surface area (TPSA) is 26.3 Å². The van der Waals surface area contributed by atoms with Crippen molar-refractivity contribution >= 4 is 43.0 Å². The van der Waals surface area contributed by atoms with Gasteiger partial charge in [0.1, 0.15) is 5.75 Å². The molecule has 0 saturated heterocycles. The zero-order valence-corrected chi connectivity index (χ0v) is 13.2. The largest absolute Gasteiger partial charge is 0.497 e. The number of hydrogen-bond acceptors (Lipinski definition) is 3. The molecule has 0 N–H and O–H groups in total. The van der Waals surface area contributed by atoms with E-state index in [2.05, 4.69) is 19.1 Å². The fourth-order valence-electron chi connectivity index (χ4n) is 2.89. The van der Waals surface area contributed by atoms with Crippen molar-refractivity contribution in [3.05, 3.63) is 63.6 Å². The number of hydrogen-bond donors (Lipinski definition) is 0. The van der Waals surface area contributed by atoms with E-state index in [0.29, 0.717) is 0 Å². The quantitative estimate of drug-likeness (QED) is 0.370. The third-order valence-corrected chi connectivity index (χ3v) is 5.01. The Labute approximate surface area is 131 Å². The van der Waals surface area contributed by atoms with Crippen LogP contribution in [0.2, 0.25) is 0 Å². The Bertz CT molecular complexity index is 1090. The molecule has 4 rings (SSSR count). The maximum atomic E-state index is 12.4. The number of ether oxygens (including phenoxy) is 1. The van der Waals surface area contributed by atoms with Gasteiger partial charge in [-0.1, -0.05) is 29.0 Å². The summed E-state index contributed by atoms with van der Waals surface area (Å²) < 4.78 is 6.45. The summed E-state index contributed by atoms with van der Waals surface area (Å²) in [7, 11) is 1.67. The van der Waals surface area contributed by atoms with Gasteiger partial charge >= 0.3 is 0 Å². The summed E-state index contributed by atoms with van der Waals surface area (Å²) >= 11 is 1.32. The van der Waals surface area contributed by atoms with Gasteiger partial charge in [-0.25, -0.2) is 0 Å². The molecule has 0 atom stereocenters. The minimum Gasteiger partial charge on any atom is -0.497 e. The van der Waals surface area contributed by atoms with Crippen LogP contribution >= 0.6 is 11.3 Å². The highest BCUT2D eigenvalue weighted by Crippen LogP contribution is 2.31. The average molecular weight is 306 g/mol. The summed E-state index contributed by atoms with van der Waals surface area (Å²) in [5.74, 6) is 0.827. The molecule has 2 nitrogen and oxygen atoms in total. The van der Waals surface area contributed by atoms with Gasteiger partial charge in [0.25, 0.3) is 0 Å². The van der Waals surface area contributed by atoms with Crippen molar-refractivity contribution in [2.24, 2.45) is 0 Å². The first-order valence-electron chi connectivity index (χ1n) is 7.11. The summed E-state index contributed by atoms with van der Waals surface area (Å²) in [4.78, 5) is 12.4. The Hall–Kier alpha value is -2.39. The van der Waals surface area contributed by atoms with Gasteiger partial charge in [-0.3, -0.25) is 4.79 Å². The molecular formula is C19H14O2S. The molecule has 3 aromatic carbocycles. The Morgan fingerprint density at radius 2 is 1.68 bits per heavy atom. The minimum atomic E-state index is 0.115. The van der Waals surface area contributed by atoms with Crippen LogP contribution in [0.25, 0.3) is 31.6 Å². The first kappa shape index (κ1) is 13.3. The van der Waals surface area contributed by atoms with Crippen LogP contribution in [-0.4, -0.2) is 7.11 Å². The predicted molar refractivity (Wildman–Crippen MR) is 94.4 cm³/mol. The van der Waals surface area contributed by atoms with E-state index in [1.165, 1.54) is 16.9 Å². The van der Waals surface area contributed by atoms with Crippen LogP contribution in [0.1, 0.15) is 5.56 Å². The molecule has 0 fully saturated rings. The number of rotatable bonds is 1. The van der Waals surface area contributed by atoms with Crippen LogP contribution in [0.3, 0.4) is 0 Å². The van der Waals surface area contributed by atoms with Gasteiger partial charge in [0.2, 0.25) is 4.74 Å². The summed E-state index contributed by atoms with van der Waals surface area (Å²) in [5, 5.41) is 5.10. The summed E-state index contributed by atoms with van der Waals surface area (Å²) in [6.45, 7) is 2.07. The smallest absolute Gasteiger partial charge is 0.240 e. The van der Waals surface area contributed by atoms with Gasteiger partial charge in [-0.05, 0) is 59.5 Å². The number of methoxy groups -OCH3 is 1. The number of fused-ring (bicyclic) bond motifs is 4. The van der Waals surface area contributed by atoms with Crippen molar-refractivity contribution in [1.29, 1.82) is 0 Å². The molecule has 0 bridgehead atoms. The molecule has 4 aromatic rings. The molecule has 0 unspecified atom stereocenters. The van der Waals surface area contributed by atoms with Crippen LogP contribution in [0.15, 0.2) is 53.3 Å². The maximum absolute atomic E-state index is 12.4. The second-order valence-corrected chi connectivity index (χ2v) is 6.51. The zero-order chi connectivity index (χ0) is 15.3. The molecule has 0 aliphatic carbocycles. The van der Waals surface area contributed by atoms with Crippen LogP contribution in [0, 0.1) is 6.92 Å². The molecule has 0 aliphatic rings. The summed E-state index contributed by atoms with van der Waals surface area (Å²) in [5.41, 5.74) is 1.20. The summed E-state index contributed by atoms with van der Waals surface area (Å²) in [6, 6.07) is 16.3. The van der Waals surface area contributed by atoms with E-state index < -0.39 is 0 Å². The van der Waals surface area contributed by atoms with E-state index >= 15 is 0 Å². The first-order valence-corrected chi connectivity index (χ1v) is 7.92. The monoisotopic (exact) mass is 306 g/mol. The lowest BCUT2D eigenvalue weighted by Crippen LogP contribution is -1.96. The molecule has 0 saturated carbocycles. The van der Waals surface area contributed by atoms with E-state index in [1.807, 2.05) is 36.4 Å². The third-order valence-electron chi connectivity index (χ3n) is 4.03. The normalized spacial score (nSPS) is 11.4. The van der Waals surface area contributed by atoms with Gasteiger partial charge in [0.15, 0.2) is 0 Å². The molecule has 0 aliphatic heterocycles. The van der Waals surface area contributed by atoms with Gasteiger partial charge in [-0.2, -0.15) is 0 Å². The van der Waals surface area contributed by atoms with Crippen LogP contribution in [0.4, 0.5) is 0 Å². The van der Waals surface area contributed by atoms with Crippen molar-refractivity contribution in [1.82, 2.24) is 0 Å². The SMILES string of the molecule is COc1ccc2cc3c(=O)sc4ccc(C)cc4c3cc2c1. The van der Waals surface area contributed by atoms with Crippen LogP contribution in [0.5, 0.6) is 5.75 Å². The van der Waals surface area contributed by atoms with E-state index in [-0.39, 0.29) is 4.74 Å². The van der Waals surface area contributed by atoms with Crippen molar-refractivity contribution in [2.75, 3.05) is 7.11 Å². The standard InChI is InChI=1S/C19H14O2S/c1-11-3-6-18-16(7-11)15-10-13-8-14(21-2)5-4-12(13)9-17(15)19(20)22-18/h3-10H,1-2H3. The van der Waals surface area contributed by atoms with E-state index in [1.54, 1.807) is 7.11 Å². The molecule has 0 spiro atoms. The lowest BCUT2D eigenvalue weighted by Gasteiger charge is -2.07. The van der Waals surface area contributed by atoms with E-state index in [9.17, 15) is 4.79 Å². The average Bonchev–Trinajstić information content (AvgIpc) is 2.54. The molecule has 22 heavy (non-hydrogen) atoms. The van der Waals surface area contributed by atoms with Crippen LogP contribution < -0.4 is 9.48 Å². The number of benzene rings is 3. The third kappa shape index (κ3) is 1.97. The first-order chi connectivity index (χ1) is 10.7. The lowest BCUT2D eigenvalue weighted by atomic mass is 10.0. The minimum absolute atomic E-state index is 0.115. The molecule has 0 radical (unpaired) electrons. The lowest BCUT2D eigenvalue weighted by molar-refractivity contribution is 0.415. The van der Waals surface area contributed by atoms with Crippen molar-refractivity contribution in [3.63, 3.8) is 0 Å². The predicted octanol–water partition coefficient (Wildman–Crippen LogP) is 4.88. The second kappa shape index (κ2) is 4.82. The van der Waals surface area contributed by atoms with E-state index in [4.69, 9.17) is 4.74 Å². The highest BCUT2D eigenvalue weighted by molar-refractivity contribution is 7.17. The van der Waals surface area contributed by atoms with Gasteiger partial charge in [0, 0.05) is 15.5 Å². The Balaban J connectivity index is 2.22. The Morgan fingerprint density at radius 3 is 2.50 bits per heavy atom. The highest BCUT2D eigenvalue weighted by atomic mass is 32.1. The van der Waals surface area contributed by atoms with Crippen LogP contribution in [-0.2, 0) is 0 Å². The fourth-order valence-corrected chi connectivity index (χ4v) is 3.79. The van der Waals surface area contributed by atoms with Crippen molar-refractivity contribution < 1.29 is 4.74 Å². The van der Waals surface area contributed by atoms with Gasteiger partial charge in [0.05, 0.1) is 7.11 Å². The van der Waals surface area contributed by atoms with Gasteiger partial charge < -0.3 is 4.74 Å². The Morgan fingerprint density at radius 1 is 0.864 bits per heavy atom. The fraction of sp³-hybridized carbons (Fsp3) is 0.105. The van der Waals surface area contributed by atoms with Gasteiger partial charge in [-0.15, -0.1) is 0 Å². The molecule has 1 aromatic heterocycles. The Kier molecular flexibility index (Phi) is 2.91. The molecule has 1 heterocycles. The number of aryl methyl sites for hydroxylation is 1. The summed E-state index contributed by atoms with van der Waals surface area (Å²) in [6.07, 6.45) is 0.